The maximum absolute atomic E-state index is 11.6. The van der Waals surface area contributed by atoms with Crippen LogP contribution in [0.4, 0.5) is 4.79 Å². The van der Waals surface area contributed by atoms with Gasteiger partial charge in [0.2, 0.25) is 0 Å². The molecule has 3 atom stereocenters. The fraction of sp³-hybridized carbons (Fsp3) is 0.750. The molecule has 1 saturated heterocycles. The van der Waals surface area contributed by atoms with E-state index in [1.54, 1.807) is 0 Å². The van der Waals surface area contributed by atoms with E-state index >= 15 is 0 Å². The van der Waals surface area contributed by atoms with Gasteiger partial charge >= 0.3 is 6.09 Å². The van der Waals surface area contributed by atoms with Crippen molar-refractivity contribution in [3.63, 3.8) is 0 Å². The standard InChI is InChI=1S/C12H19NO3/c1-16-12(15)13-7-5-9-3-2-4-10(6-8-14)11(9)13/h2,4,9-11,14H,3,5-8H2,1H3/t9-,10-,11-/m0/s1. The van der Waals surface area contributed by atoms with Crippen LogP contribution in [0.3, 0.4) is 0 Å². The number of likely N-dealkylation sites (tertiary alicyclic amines) is 1. The average molecular weight is 225 g/mol. The van der Waals surface area contributed by atoms with Gasteiger partial charge in [0.1, 0.15) is 0 Å². The topological polar surface area (TPSA) is 49.8 Å². The zero-order chi connectivity index (χ0) is 11.5. The van der Waals surface area contributed by atoms with Crippen LogP contribution in [0, 0.1) is 11.8 Å². The van der Waals surface area contributed by atoms with Crippen molar-refractivity contribution in [3.8, 4) is 0 Å². The van der Waals surface area contributed by atoms with Gasteiger partial charge in [0, 0.05) is 19.2 Å². The van der Waals surface area contributed by atoms with Crippen molar-refractivity contribution >= 4 is 6.09 Å². The van der Waals surface area contributed by atoms with E-state index in [0.717, 1.165) is 25.8 Å². The predicted octanol–water partition coefficient (Wildman–Crippen LogP) is 1.40. The van der Waals surface area contributed by atoms with Gasteiger partial charge in [0.25, 0.3) is 0 Å². The van der Waals surface area contributed by atoms with Crippen molar-refractivity contribution < 1.29 is 14.6 Å². The highest BCUT2D eigenvalue weighted by Gasteiger charge is 2.42. The van der Waals surface area contributed by atoms with Crippen LogP contribution in [0.1, 0.15) is 19.3 Å². The molecule has 0 unspecified atom stereocenters. The van der Waals surface area contributed by atoms with Gasteiger partial charge in [-0.25, -0.2) is 4.79 Å². The van der Waals surface area contributed by atoms with E-state index in [9.17, 15) is 4.79 Å². The van der Waals surface area contributed by atoms with Gasteiger partial charge in [0.15, 0.2) is 0 Å². The molecule has 1 N–H and O–H groups in total. The summed E-state index contributed by atoms with van der Waals surface area (Å²) in [5.74, 6) is 0.825. The summed E-state index contributed by atoms with van der Waals surface area (Å²) in [6.07, 6.45) is 6.91. The molecule has 4 nitrogen and oxygen atoms in total. The molecule has 90 valence electrons. The molecule has 16 heavy (non-hydrogen) atoms. The summed E-state index contributed by atoms with van der Waals surface area (Å²) in [5, 5.41) is 9.05. The lowest BCUT2D eigenvalue weighted by Gasteiger charge is -2.34. The van der Waals surface area contributed by atoms with Gasteiger partial charge in [-0.15, -0.1) is 0 Å². The van der Waals surface area contributed by atoms with E-state index in [4.69, 9.17) is 9.84 Å². The minimum absolute atomic E-state index is 0.174. The van der Waals surface area contributed by atoms with Crippen LogP contribution in [0.25, 0.3) is 0 Å². The highest BCUT2D eigenvalue weighted by Crippen LogP contribution is 2.37. The molecule has 0 saturated carbocycles. The number of allylic oxidation sites excluding steroid dienone is 1. The van der Waals surface area contributed by atoms with Crippen molar-refractivity contribution in [3.05, 3.63) is 12.2 Å². The summed E-state index contributed by atoms with van der Waals surface area (Å²) in [6, 6.07) is 0.226. The molecular weight excluding hydrogens is 206 g/mol. The molecule has 0 bridgehead atoms. The number of methoxy groups -OCH3 is 1. The molecule has 0 spiro atoms. The number of fused-ring (bicyclic) bond motifs is 1. The average Bonchev–Trinajstić information content (AvgIpc) is 2.73. The minimum Gasteiger partial charge on any atom is -0.453 e. The van der Waals surface area contributed by atoms with Gasteiger partial charge in [-0.2, -0.15) is 0 Å². The van der Waals surface area contributed by atoms with Crippen molar-refractivity contribution in [1.29, 1.82) is 0 Å². The van der Waals surface area contributed by atoms with Gasteiger partial charge in [0.05, 0.1) is 7.11 Å². The Morgan fingerprint density at radius 3 is 3.12 bits per heavy atom. The smallest absolute Gasteiger partial charge is 0.409 e. The van der Waals surface area contributed by atoms with Crippen LogP contribution in [0.2, 0.25) is 0 Å². The van der Waals surface area contributed by atoms with E-state index in [-0.39, 0.29) is 24.7 Å². The molecule has 2 rings (SSSR count). The zero-order valence-corrected chi connectivity index (χ0v) is 9.63. The second kappa shape index (κ2) is 4.87. The highest BCUT2D eigenvalue weighted by molar-refractivity contribution is 5.68. The number of rotatable bonds is 2. The summed E-state index contributed by atoms with van der Waals surface area (Å²) in [4.78, 5) is 13.5. The molecule has 0 aromatic rings. The Bertz CT molecular complexity index is 290. The number of amides is 1. The summed E-state index contributed by atoms with van der Waals surface area (Å²) >= 11 is 0. The van der Waals surface area contributed by atoms with Crippen LogP contribution in [-0.2, 0) is 4.74 Å². The van der Waals surface area contributed by atoms with Crippen LogP contribution < -0.4 is 0 Å². The Labute approximate surface area is 95.9 Å². The maximum Gasteiger partial charge on any atom is 0.409 e. The lowest BCUT2D eigenvalue weighted by Crippen LogP contribution is -2.43. The molecule has 1 amide bonds. The number of hydrogen-bond donors (Lipinski definition) is 1. The molecule has 0 aromatic heterocycles. The van der Waals surface area contributed by atoms with Crippen LogP contribution in [0.5, 0.6) is 0 Å². The highest BCUT2D eigenvalue weighted by atomic mass is 16.5. The second-order valence-electron chi connectivity index (χ2n) is 4.54. The summed E-state index contributed by atoms with van der Waals surface area (Å²) in [6.45, 7) is 0.957. The lowest BCUT2D eigenvalue weighted by molar-refractivity contribution is 0.0968. The third-order valence-corrected chi connectivity index (χ3v) is 3.72. The van der Waals surface area contributed by atoms with Crippen molar-refractivity contribution in [1.82, 2.24) is 4.90 Å². The number of aliphatic hydroxyl groups excluding tert-OH is 1. The molecule has 0 radical (unpaired) electrons. The number of carbonyl (C=O) groups excluding carboxylic acids is 1. The van der Waals surface area contributed by atoms with Gasteiger partial charge in [-0.3, -0.25) is 0 Å². The van der Waals surface area contributed by atoms with Crippen LogP contribution in [-0.4, -0.2) is 42.4 Å². The molecule has 4 heteroatoms. The Balaban J connectivity index is 2.13. The first kappa shape index (κ1) is 11.5. The summed E-state index contributed by atoms with van der Waals surface area (Å²) in [7, 11) is 1.43. The summed E-state index contributed by atoms with van der Waals surface area (Å²) < 4.78 is 4.81. The first-order valence-electron chi connectivity index (χ1n) is 5.90. The van der Waals surface area contributed by atoms with E-state index < -0.39 is 0 Å². The minimum atomic E-state index is -0.231. The van der Waals surface area contributed by atoms with Gasteiger partial charge < -0.3 is 14.7 Å². The van der Waals surface area contributed by atoms with Gasteiger partial charge in [-0.05, 0) is 31.1 Å². The molecule has 1 heterocycles. The van der Waals surface area contributed by atoms with Gasteiger partial charge in [-0.1, -0.05) is 12.2 Å². The quantitative estimate of drug-likeness (QED) is 0.723. The Morgan fingerprint density at radius 2 is 2.44 bits per heavy atom. The lowest BCUT2D eigenvalue weighted by atomic mass is 9.80. The summed E-state index contributed by atoms with van der Waals surface area (Å²) in [5.41, 5.74) is 0. The number of aliphatic hydroxyl groups is 1. The number of carbonyl (C=O) groups is 1. The number of nitrogens with zero attached hydrogens (tertiary/aromatic N) is 1. The fourth-order valence-corrected chi connectivity index (χ4v) is 3.01. The monoisotopic (exact) mass is 225 g/mol. The number of ether oxygens (including phenoxy) is 1. The third-order valence-electron chi connectivity index (χ3n) is 3.72. The normalized spacial score (nSPS) is 32.6. The second-order valence-corrected chi connectivity index (χ2v) is 4.54. The Hall–Kier alpha value is -1.03. The van der Waals surface area contributed by atoms with E-state index in [1.807, 2.05) is 4.90 Å². The molecule has 0 aromatic carbocycles. The first-order valence-corrected chi connectivity index (χ1v) is 5.90. The Kier molecular flexibility index (Phi) is 3.49. The van der Waals surface area contributed by atoms with Crippen molar-refractivity contribution in [2.75, 3.05) is 20.3 Å². The van der Waals surface area contributed by atoms with Crippen molar-refractivity contribution in [2.45, 2.75) is 25.3 Å². The van der Waals surface area contributed by atoms with E-state index in [2.05, 4.69) is 12.2 Å². The first-order chi connectivity index (χ1) is 7.77. The van der Waals surface area contributed by atoms with Crippen LogP contribution >= 0.6 is 0 Å². The largest absolute Gasteiger partial charge is 0.453 e. The number of hydrogen-bond acceptors (Lipinski definition) is 3. The van der Waals surface area contributed by atoms with Crippen LogP contribution in [0.15, 0.2) is 12.2 Å². The zero-order valence-electron chi connectivity index (χ0n) is 9.63. The molecule has 1 fully saturated rings. The molecule has 1 aliphatic heterocycles. The fourth-order valence-electron chi connectivity index (χ4n) is 3.01. The van der Waals surface area contributed by atoms with E-state index in [1.165, 1.54) is 7.11 Å². The SMILES string of the molecule is COC(=O)N1CC[C@@H]2CC=C[C@@H](CCO)[C@H]21. The molecule has 1 aliphatic carbocycles. The molecular formula is C12H19NO3. The van der Waals surface area contributed by atoms with Crippen molar-refractivity contribution in [2.24, 2.45) is 11.8 Å². The molecule has 2 aliphatic rings. The third kappa shape index (κ3) is 1.94. The maximum atomic E-state index is 11.6. The van der Waals surface area contributed by atoms with E-state index in [0.29, 0.717) is 5.92 Å². The predicted molar refractivity (Wildman–Crippen MR) is 60.0 cm³/mol. The Morgan fingerprint density at radius 1 is 1.62 bits per heavy atom.